The average Bonchev–Trinajstić information content (AvgIpc) is 3.28. The number of sulfonamides is 1. The van der Waals surface area contributed by atoms with Crippen LogP contribution in [0.1, 0.15) is 23.2 Å². The topological polar surface area (TPSA) is 110 Å². The lowest BCUT2D eigenvalue weighted by Gasteiger charge is -2.15. The van der Waals surface area contributed by atoms with Crippen LogP contribution in [-0.4, -0.2) is 63.8 Å². The van der Waals surface area contributed by atoms with Crippen LogP contribution in [0.4, 0.5) is 0 Å². The maximum Gasteiger partial charge on any atom is 0.252 e. The number of hydrogen-bond donors (Lipinski definition) is 1. The molecule has 0 radical (unpaired) electrons. The molecule has 0 unspecified atom stereocenters. The molecule has 1 fully saturated rings. The standard InChI is InChI=1S/C14H18N6O3S/c21-14(15-5-8-24(22,23)20-6-1-2-7-20)12-3-4-13(16-9-12)19-10-17-18-11-19/h3-4,9-11H,1-2,5-8H2,(H,15,21). The highest BCUT2D eigenvalue weighted by molar-refractivity contribution is 7.89. The first-order chi connectivity index (χ1) is 11.6. The summed E-state index contributed by atoms with van der Waals surface area (Å²) in [5.74, 6) is 0.146. The summed E-state index contributed by atoms with van der Waals surface area (Å²) in [6, 6.07) is 3.28. The third kappa shape index (κ3) is 3.77. The van der Waals surface area contributed by atoms with E-state index in [9.17, 15) is 13.2 Å². The lowest BCUT2D eigenvalue weighted by molar-refractivity contribution is 0.0955. The van der Waals surface area contributed by atoms with E-state index in [1.165, 1.54) is 23.2 Å². The van der Waals surface area contributed by atoms with Crippen molar-refractivity contribution in [3.63, 3.8) is 0 Å². The second kappa shape index (κ2) is 7.05. The Labute approximate surface area is 139 Å². The zero-order chi connectivity index (χ0) is 17.0. The maximum atomic E-state index is 12.1. The molecule has 24 heavy (non-hydrogen) atoms. The van der Waals surface area contributed by atoms with E-state index in [1.807, 2.05) is 0 Å². The minimum absolute atomic E-state index is 0.0743. The summed E-state index contributed by atoms with van der Waals surface area (Å²) < 4.78 is 27.2. The molecule has 2 aromatic heterocycles. The van der Waals surface area contributed by atoms with E-state index in [1.54, 1.807) is 16.7 Å². The van der Waals surface area contributed by atoms with Gasteiger partial charge in [-0.25, -0.2) is 17.7 Å². The molecule has 1 aliphatic rings. The maximum absolute atomic E-state index is 12.1. The fraction of sp³-hybridized carbons (Fsp3) is 0.429. The van der Waals surface area contributed by atoms with Crippen LogP contribution >= 0.6 is 0 Å². The van der Waals surface area contributed by atoms with Gasteiger partial charge in [0.1, 0.15) is 18.5 Å². The third-order valence-corrected chi connectivity index (χ3v) is 5.67. The number of amides is 1. The second-order valence-corrected chi connectivity index (χ2v) is 7.54. The van der Waals surface area contributed by atoms with Crippen molar-refractivity contribution in [1.82, 2.24) is 29.4 Å². The van der Waals surface area contributed by atoms with Crippen LogP contribution in [0.3, 0.4) is 0 Å². The first-order valence-corrected chi connectivity index (χ1v) is 9.24. The molecule has 2 aromatic rings. The third-order valence-electron chi connectivity index (χ3n) is 3.80. The Hall–Kier alpha value is -2.33. The first-order valence-electron chi connectivity index (χ1n) is 7.63. The monoisotopic (exact) mass is 350 g/mol. The highest BCUT2D eigenvalue weighted by Gasteiger charge is 2.24. The Balaban J connectivity index is 1.53. The molecule has 3 rings (SSSR count). The summed E-state index contributed by atoms with van der Waals surface area (Å²) in [5, 5.41) is 9.99. The van der Waals surface area contributed by atoms with Gasteiger partial charge in [-0.3, -0.25) is 9.36 Å². The van der Waals surface area contributed by atoms with E-state index >= 15 is 0 Å². The van der Waals surface area contributed by atoms with Gasteiger partial charge in [0, 0.05) is 25.8 Å². The number of carbonyl (C=O) groups excluding carboxylic acids is 1. The van der Waals surface area contributed by atoms with Crippen LogP contribution < -0.4 is 5.32 Å². The Morgan fingerprint density at radius 3 is 2.50 bits per heavy atom. The lowest BCUT2D eigenvalue weighted by Crippen LogP contribution is -2.36. The molecule has 0 saturated carbocycles. The molecule has 3 heterocycles. The van der Waals surface area contributed by atoms with Gasteiger partial charge in [-0.05, 0) is 25.0 Å². The van der Waals surface area contributed by atoms with E-state index in [4.69, 9.17) is 0 Å². The SMILES string of the molecule is O=C(NCCS(=O)(=O)N1CCCC1)c1ccc(-n2cnnc2)nc1. The highest BCUT2D eigenvalue weighted by Crippen LogP contribution is 2.12. The average molecular weight is 350 g/mol. The number of carbonyl (C=O) groups is 1. The van der Waals surface area contributed by atoms with Crippen molar-refractivity contribution < 1.29 is 13.2 Å². The van der Waals surface area contributed by atoms with Crippen LogP contribution in [-0.2, 0) is 10.0 Å². The van der Waals surface area contributed by atoms with Gasteiger partial charge in [0.25, 0.3) is 5.91 Å². The van der Waals surface area contributed by atoms with E-state index in [0.717, 1.165) is 12.8 Å². The molecule has 10 heteroatoms. The van der Waals surface area contributed by atoms with Crippen molar-refractivity contribution in [2.24, 2.45) is 0 Å². The van der Waals surface area contributed by atoms with E-state index < -0.39 is 10.0 Å². The van der Waals surface area contributed by atoms with Crippen molar-refractivity contribution in [1.29, 1.82) is 0 Å². The van der Waals surface area contributed by atoms with Crippen molar-refractivity contribution in [2.45, 2.75) is 12.8 Å². The Kier molecular flexibility index (Phi) is 4.86. The fourth-order valence-electron chi connectivity index (χ4n) is 2.48. The molecule has 0 spiro atoms. The smallest absolute Gasteiger partial charge is 0.252 e. The summed E-state index contributed by atoms with van der Waals surface area (Å²) in [6.45, 7) is 1.22. The van der Waals surface area contributed by atoms with Crippen molar-refractivity contribution in [3.05, 3.63) is 36.5 Å². The molecular formula is C14H18N6O3S. The van der Waals surface area contributed by atoms with Gasteiger partial charge < -0.3 is 5.32 Å². The summed E-state index contributed by atoms with van der Waals surface area (Å²) in [5.41, 5.74) is 0.366. The summed E-state index contributed by atoms with van der Waals surface area (Å²) in [4.78, 5) is 16.2. The van der Waals surface area contributed by atoms with Crippen LogP contribution in [0.15, 0.2) is 31.0 Å². The summed E-state index contributed by atoms with van der Waals surface area (Å²) in [7, 11) is -3.29. The molecule has 0 aromatic carbocycles. The molecule has 1 saturated heterocycles. The largest absolute Gasteiger partial charge is 0.351 e. The Bertz CT molecular complexity index is 782. The van der Waals surface area contributed by atoms with Crippen molar-refractivity contribution in [3.8, 4) is 5.82 Å². The minimum atomic E-state index is -3.29. The Morgan fingerprint density at radius 2 is 1.88 bits per heavy atom. The van der Waals surface area contributed by atoms with Gasteiger partial charge in [0.2, 0.25) is 10.0 Å². The molecule has 1 aliphatic heterocycles. The molecular weight excluding hydrogens is 332 g/mol. The fourth-order valence-corrected chi connectivity index (χ4v) is 3.92. The van der Waals surface area contributed by atoms with Crippen molar-refractivity contribution in [2.75, 3.05) is 25.4 Å². The molecule has 0 bridgehead atoms. The quantitative estimate of drug-likeness (QED) is 0.774. The van der Waals surface area contributed by atoms with Crippen LogP contribution in [0.2, 0.25) is 0 Å². The van der Waals surface area contributed by atoms with E-state index in [2.05, 4.69) is 20.5 Å². The van der Waals surface area contributed by atoms with Gasteiger partial charge in [0.05, 0.1) is 11.3 Å². The number of hydrogen-bond acceptors (Lipinski definition) is 6. The van der Waals surface area contributed by atoms with Gasteiger partial charge in [-0.1, -0.05) is 0 Å². The molecule has 1 amide bonds. The van der Waals surface area contributed by atoms with Gasteiger partial charge in [0.15, 0.2) is 0 Å². The van der Waals surface area contributed by atoms with Gasteiger partial charge >= 0.3 is 0 Å². The molecule has 0 aliphatic carbocycles. The number of pyridine rings is 1. The lowest BCUT2D eigenvalue weighted by atomic mass is 10.2. The van der Waals surface area contributed by atoms with Crippen LogP contribution in [0.5, 0.6) is 0 Å². The van der Waals surface area contributed by atoms with Crippen molar-refractivity contribution >= 4 is 15.9 Å². The number of nitrogens with one attached hydrogen (secondary N) is 1. The van der Waals surface area contributed by atoms with Crippen LogP contribution in [0.25, 0.3) is 5.82 Å². The van der Waals surface area contributed by atoms with E-state index in [0.29, 0.717) is 24.5 Å². The normalized spacial score (nSPS) is 15.5. The molecule has 9 nitrogen and oxygen atoms in total. The molecule has 1 N–H and O–H groups in total. The molecule has 0 atom stereocenters. The van der Waals surface area contributed by atoms with Crippen LogP contribution in [0, 0.1) is 0 Å². The predicted octanol–water partition coefficient (Wildman–Crippen LogP) is -0.182. The zero-order valence-corrected chi connectivity index (χ0v) is 13.8. The number of nitrogens with zero attached hydrogens (tertiary/aromatic N) is 5. The summed E-state index contributed by atoms with van der Waals surface area (Å²) in [6.07, 6.45) is 6.24. The van der Waals surface area contributed by atoms with Gasteiger partial charge in [-0.2, -0.15) is 0 Å². The minimum Gasteiger partial charge on any atom is -0.351 e. The Morgan fingerprint density at radius 1 is 1.17 bits per heavy atom. The highest BCUT2D eigenvalue weighted by atomic mass is 32.2. The predicted molar refractivity (Wildman–Crippen MR) is 86.1 cm³/mol. The number of aromatic nitrogens is 4. The zero-order valence-electron chi connectivity index (χ0n) is 13.0. The van der Waals surface area contributed by atoms with E-state index in [-0.39, 0.29) is 18.2 Å². The summed E-state index contributed by atoms with van der Waals surface area (Å²) >= 11 is 0. The second-order valence-electron chi connectivity index (χ2n) is 5.45. The first kappa shape index (κ1) is 16.5. The van der Waals surface area contributed by atoms with Gasteiger partial charge in [-0.15, -0.1) is 10.2 Å². The molecule has 128 valence electrons. The number of rotatable bonds is 6.